The first-order valence-electron chi connectivity index (χ1n) is 15.0. The van der Waals surface area contributed by atoms with Gasteiger partial charge in [0.05, 0.1) is 36.7 Å². The minimum atomic E-state index is -5.08. The van der Waals surface area contributed by atoms with Crippen LogP contribution in [0.15, 0.2) is 54.7 Å². The molecule has 2 atom stereocenters. The van der Waals surface area contributed by atoms with Gasteiger partial charge in [0, 0.05) is 23.4 Å². The zero-order valence-electron chi connectivity index (χ0n) is 27.0. The fourth-order valence-electron chi connectivity index (χ4n) is 4.90. The average Bonchev–Trinajstić information content (AvgIpc) is 3.52. The quantitative estimate of drug-likeness (QED) is 0.173. The van der Waals surface area contributed by atoms with Gasteiger partial charge in [-0.05, 0) is 54.8 Å². The molecule has 51 heavy (non-hydrogen) atoms. The minimum Gasteiger partial charge on any atom is -0.479 e. The number of nitrogens with zero attached hydrogens (tertiary/aromatic N) is 4. The van der Waals surface area contributed by atoms with Gasteiger partial charge in [-0.25, -0.2) is 14.0 Å². The summed E-state index contributed by atoms with van der Waals surface area (Å²) in [6.07, 6.45) is -2.53. The maximum Gasteiger partial charge on any atom is 0.490 e. The smallest absolute Gasteiger partial charge is 0.479 e. The van der Waals surface area contributed by atoms with Crippen LogP contribution in [0.25, 0.3) is 16.8 Å². The van der Waals surface area contributed by atoms with Gasteiger partial charge >= 0.3 is 18.2 Å². The normalized spacial score (nSPS) is 15.7. The number of carboxylic acids is 1. The molecule has 0 saturated carbocycles. The number of benzene rings is 2. The number of amides is 3. The number of ether oxygens (including phenoxy) is 2. The van der Waals surface area contributed by atoms with E-state index in [1.807, 2.05) is 13.0 Å². The molecular formula is C32H30ClF4N7O7. The number of pyridine rings is 1. The third-order valence-corrected chi connectivity index (χ3v) is 7.77. The van der Waals surface area contributed by atoms with Crippen LogP contribution in [0.3, 0.4) is 0 Å². The van der Waals surface area contributed by atoms with E-state index in [1.54, 1.807) is 36.5 Å². The molecule has 4 N–H and O–H groups in total. The number of halogens is 5. The summed E-state index contributed by atoms with van der Waals surface area (Å²) >= 11 is 5.94. The van der Waals surface area contributed by atoms with Gasteiger partial charge in [0.25, 0.3) is 11.8 Å². The number of alkyl halides is 3. The van der Waals surface area contributed by atoms with Gasteiger partial charge in [0.2, 0.25) is 11.6 Å². The number of fused-ring (bicyclic) bond motifs is 4. The lowest BCUT2D eigenvalue weighted by atomic mass is 9.95. The molecule has 0 saturated heterocycles. The number of nitrogens with one attached hydrogen (secondary N) is 3. The monoisotopic (exact) mass is 735 g/mol. The van der Waals surface area contributed by atoms with Crippen molar-refractivity contribution in [3.8, 4) is 22.7 Å². The highest BCUT2D eigenvalue weighted by Gasteiger charge is 2.38. The summed E-state index contributed by atoms with van der Waals surface area (Å²) < 4.78 is 57.6. The number of carbonyl (C=O) groups is 4. The van der Waals surface area contributed by atoms with E-state index in [-0.39, 0.29) is 34.1 Å². The number of carbonyl (C=O) groups excluding carboxylic acids is 3. The molecule has 4 aromatic rings. The molecule has 270 valence electrons. The number of aliphatic carboxylic acids is 1. The standard InChI is InChI=1S/C30H29ClFN7O5.C2HF3O2/c1-16-6-4-8-21(35-28(41)26-29(43-2)39(38-37-26)24-9-5-7-20(31)25(24)32)23-14-17(12-13-33-23)19-11-10-18(34-30(42)44-3)15-22(19)36-27(16)40;3-2(4,5)1(6)7/h5,7,9-16,21H,4,6,8H2,1-3H3,(H,34,42)(H,35,41)(H,36,40);(H,6,7)/t16-,21+;/m1./s1. The Morgan fingerprint density at radius 1 is 1.10 bits per heavy atom. The molecule has 2 aromatic heterocycles. The van der Waals surface area contributed by atoms with Crippen molar-refractivity contribution in [1.82, 2.24) is 25.3 Å². The van der Waals surface area contributed by atoms with Crippen molar-refractivity contribution in [1.29, 1.82) is 0 Å². The Labute approximate surface area is 292 Å². The highest BCUT2D eigenvalue weighted by atomic mass is 35.5. The Morgan fingerprint density at radius 2 is 1.82 bits per heavy atom. The molecule has 0 spiro atoms. The van der Waals surface area contributed by atoms with Gasteiger partial charge in [-0.3, -0.25) is 19.9 Å². The van der Waals surface area contributed by atoms with E-state index in [0.717, 1.165) is 10.2 Å². The molecule has 1 aliphatic rings. The van der Waals surface area contributed by atoms with Crippen molar-refractivity contribution in [2.45, 2.75) is 38.4 Å². The fourth-order valence-corrected chi connectivity index (χ4v) is 5.07. The highest BCUT2D eigenvalue weighted by Crippen LogP contribution is 2.34. The lowest BCUT2D eigenvalue weighted by Crippen LogP contribution is -2.30. The van der Waals surface area contributed by atoms with Crippen LogP contribution < -0.4 is 20.7 Å². The van der Waals surface area contributed by atoms with Crippen molar-refractivity contribution >= 4 is 46.9 Å². The molecule has 3 amide bonds. The number of methoxy groups -OCH3 is 2. The molecular weight excluding hydrogens is 706 g/mol. The summed E-state index contributed by atoms with van der Waals surface area (Å²) in [5, 5.41) is 23.5. The number of rotatable bonds is 5. The second-order valence-corrected chi connectivity index (χ2v) is 11.3. The molecule has 19 heteroatoms. The van der Waals surface area contributed by atoms with Gasteiger partial charge < -0.3 is 25.2 Å². The van der Waals surface area contributed by atoms with Gasteiger partial charge in [-0.15, -0.1) is 5.10 Å². The van der Waals surface area contributed by atoms with Gasteiger partial charge in [-0.1, -0.05) is 42.3 Å². The number of aromatic nitrogens is 4. The van der Waals surface area contributed by atoms with E-state index in [2.05, 4.69) is 36.0 Å². The topological polar surface area (TPSA) is 187 Å². The second-order valence-electron chi connectivity index (χ2n) is 10.9. The average molecular weight is 736 g/mol. The van der Waals surface area contributed by atoms with Crippen LogP contribution >= 0.6 is 11.6 Å². The Balaban J connectivity index is 0.000000755. The highest BCUT2D eigenvalue weighted by molar-refractivity contribution is 6.30. The lowest BCUT2D eigenvalue weighted by molar-refractivity contribution is -0.192. The van der Waals surface area contributed by atoms with Crippen molar-refractivity contribution in [2.75, 3.05) is 24.9 Å². The predicted octanol–water partition coefficient (Wildman–Crippen LogP) is 6.17. The third-order valence-electron chi connectivity index (χ3n) is 7.48. The van der Waals surface area contributed by atoms with E-state index in [4.69, 9.17) is 26.2 Å². The summed E-state index contributed by atoms with van der Waals surface area (Å²) in [4.78, 5) is 51.9. The zero-order valence-corrected chi connectivity index (χ0v) is 27.8. The van der Waals surface area contributed by atoms with Crippen LogP contribution in [-0.2, 0) is 14.3 Å². The first-order valence-corrected chi connectivity index (χ1v) is 15.3. The van der Waals surface area contributed by atoms with Gasteiger partial charge in [0.1, 0.15) is 5.69 Å². The van der Waals surface area contributed by atoms with Crippen LogP contribution in [-0.4, -0.2) is 69.4 Å². The largest absolute Gasteiger partial charge is 0.490 e. The Kier molecular flexibility index (Phi) is 12.1. The SMILES string of the molecule is COC(=O)Nc1ccc2c(c1)NC(=O)[C@H](C)CCC[C@H](NC(=O)c1nnn(-c3cccc(Cl)c3F)c1OC)c1cc-2ccn1.O=C(O)C(F)(F)F. The minimum absolute atomic E-state index is 0.0304. The van der Waals surface area contributed by atoms with Crippen molar-refractivity contribution in [2.24, 2.45) is 5.92 Å². The van der Waals surface area contributed by atoms with Gasteiger partial charge in [-0.2, -0.15) is 17.9 Å². The lowest BCUT2D eigenvalue weighted by Gasteiger charge is -2.22. The fraction of sp³-hybridized carbons (Fsp3) is 0.281. The second kappa shape index (κ2) is 16.3. The van der Waals surface area contributed by atoms with Crippen LogP contribution in [0.4, 0.5) is 33.7 Å². The van der Waals surface area contributed by atoms with E-state index in [9.17, 15) is 31.9 Å². The molecule has 1 aliphatic heterocycles. The molecule has 0 unspecified atom stereocenters. The summed E-state index contributed by atoms with van der Waals surface area (Å²) in [5.74, 6) is -4.72. The predicted molar refractivity (Wildman–Crippen MR) is 174 cm³/mol. The third kappa shape index (κ3) is 9.27. The van der Waals surface area contributed by atoms with E-state index < -0.39 is 36.0 Å². The number of hydrogen-bond acceptors (Lipinski definition) is 9. The van der Waals surface area contributed by atoms with E-state index >= 15 is 0 Å². The number of hydrogen-bond donors (Lipinski definition) is 4. The molecule has 3 heterocycles. The molecule has 5 rings (SSSR count). The van der Waals surface area contributed by atoms with Crippen LogP contribution in [0.1, 0.15) is 48.4 Å². The Morgan fingerprint density at radius 3 is 2.49 bits per heavy atom. The van der Waals surface area contributed by atoms with Crippen molar-refractivity contribution in [3.63, 3.8) is 0 Å². The first kappa shape index (κ1) is 38.0. The molecule has 14 nitrogen and oxygen atoms in total. The van der Waals surface area contributed by atoms with Crippen LogP contribution in [0.2, 0.25) is 5.02 Å². The molecule has 0 radical (unpaired) electrons. The number of carboxylic acid groups (broad SMARTS) is 1. The Bertz CT molecular complexity index is 1940. The summed E-state index contributed by atoms with van der Waals surface area (Å²) in [7, 11) is 2.59. The first-order chi connectivity index (χ1) is 24.1. The molecule has 2 aromatic carbocycles. The maximum absolute atomic E-state index is 14.7. The van der Waals surface area contributed by atoms with Gasteiger partial charge in [0.15, 0.2) is 5.82 Å². The molecule has 0 aliphatic carbocycles. The Hall–Kier alpha value is -5.78. The van der Waals surface area contributed by atoms with Crippen molar-refractivity contribution < 1.29 is 51.3 Å². The molecule has 0 fully saturated rings. The summed E-state index contributed by atoms with van der Waals surface area (Å²) in [6, 6.07) is 12.5. The van der Waals surface area contributed by atoms with Crippen molar-refractivity contribution in [3.05, 3.63) is 77.0 Å². The van der Waals surface area contributed by atoms with E-state index in [1.165, 1.54) is 26.4 Å². The number of anilines is 2. The van der Waals surface area contributed by atoms with E-state index in [0.29, 0.717) is 41.9 Å². The van der Waals surface area contributed by atoms with Crippen LogP contribution in [0.5, 0.6) is 5.88 Å². The summed E-state index contributed by atoms with van der Waals surface area (Å²) in [6.45, 7) is 1.82. The molecule has 2 bridgehead atoms. The zero-order chi connectivity index (χ0) is 37.5. The summed E-state index contributed by atoms with van der Waals surface area (Å²) in [5.41, 5.74) is 2.73. The van der Waals surface area contributed by atoms with Crippen LogP contribution in [0, 0.1) is 11.7 Å². The maximum atomic E-state index is 14.7.